The number of alkyl halides is 2. The lowest BCUT2D eigenvalue weighted by molar-refractivity contribution is -0.140. The first kappa shape index (κ1) is 20.3. The highest BCUT2D eigenvalue weighted by atomic mass is 19.3. The van der Waals surface area contributed by atoms with Crippen LogP contribution in [0.15, 0.2) is 30.3 Å². The molecule has 0 bridgehead atoms. The molecule has 0 saturated heterocycles. The fraction of sp³-hybridized carbons (Fsp3) is 0.300. The summed E-state index contributed by atoms with van der Waals surface area (Å²) >= 11 is 0. The van der Waals surface area contributed by atoms with E-state index in [0.29, 0.717) is 12.0 Å². The van der Waals surface area contributed by atoms with E-state index in [1.807, 2.05) is 0 Å². The van der Waals surface area contributed by atoms with Crippen molar-refractivity contribution in [3.05, 3.63) is 58.4 Å². The zero-order valence-electron chi connectivity index (χ0n) is 14.9. The molecule has 2 aromatic carbocycles. The van der Waals surface area contributed by atoms with Gasteiger partial charge in [-0.25, -0.2) is 13.2 Å². The summed E-state index contributed by atoms with van der Waals surface area (Å²) in [6.07, 6.45) is -2.19. The van der Waals surface area contributed by atoms with Crippen molar-refractivity contribution < 1.29 is 27.4 Å². The van der Waals surface area contributed by atoms with E-state index in [1.54, 1.807) is 25.1 Å². The molecule has 2 aromatic rings. The number of benzene rings is 2. The van der Waals surface area contributed by atoms with Crippen LogP contribution >= 0.6 is 0 Å². The van der Waals surface area contributed by atoms with Gasteiger partial charge in [-0.3, -0.25) is 4.79 Å². The number of nitriles is 1. The van der Waals surface area contributed by atoms with E-state index >= 15 is 0 Å². The van der Waals surface area contributed by atoms with Crippen molar-refractivity contribution >= 4 is 5.97 Å². The van der Waals surface area contributed by atoms with Crippen molar-refractivity contribution in [1.29, 1.82) is 5.26 Å². The normalized spacial score (nSPS) is 10.6. The third-order valence-electron chi connectivity index (χ3n) is 3.85. The van der Waals surface area contributed by atoms with Gasteiger partial charge in [0.25, 0.3) is 6.43 Å². The van der Waals surface area contributed by atoms with E-state index in [1.165, 1.54) is 13.0 Å². The second-order valence-corrected chi connectivity index (χ2v) is 5.78. The minimum absolute atomic E-state index is 0.00716. The molecule has 0 aliphatic rings. The number of carbonyl (C=O) groups excluding carboxylic acids is 1. The molecule has 0 saturated carbocycles. The quantitative estimate of drug-likeness (QED) is 0.630. The summed E-state index contributed by atoms with van der Waals surface area (Å²) in [6.45, 7) is 3.07. The molecule has 0 aliphatic carbocycles. The first-order valence-corrected chi connectivity index (χ1v) is 8.30. The molecule has 142 valence electrons. The Labute approximate surface area is 155 Å². The summed E-state index contributed by atoms with van der Waals surface area (Å²) in [5.41, 5.74) is 0.430. The summed E-state index contributed by atoms with van der Waals surface area (Å²) < 4.78 is 51.3. The average molecular weight is 377 g/mol. The maximum atomic E-state index is 14.9. The summed E-state index contributed by atoms with van der Waals surface area (Å²) in [5.74, 6) is -1.25. The monoisotopic (exact) mass is 377 g/mol. The lowest BCUT2D eigenvalue weighted by atomic mass is 10.0. The summed E-state index contributed by atoms with van der Waals surface area (Å²) in [5, 5.41) is 9.01. The molecule has 0 aromatic heterocycles. The van der Waals surface area contributed by atoms with Crippen LogP contribution in [0.25, 0.3) is 0 Å². The zero-order chi connectivity index (χ0) is 20.0. The van der Waals surface area contributed by atoms with Gasteiger partial charge in [-0.1, -0.05) is 19.1 Å². The molecule has 7 heteroatoms. The van der Waals surface area contributed by atoms with E-state index in [0.717, 1.165) is 12.1 Å². The number of rotatable bonds is 7. The van der Waals surface area contributed by atoms with Crippen LogP contribution in [0.1, 0.15) is 42.5 Å². The van der Waals surface area contributed by atoms with Crippen LogP contribution in [0.3, 0.4) is 0 Å². The number of hydrogen-bond donors (Lipinski definition) is 0. The van der Waals surface area contributed by atoms with Crippen molar-refractivity contribution in [1.82, 2.24) is 0 Å². The minimum atomic E-state index is -2.79. The molecule has 0 spiro atoms. The standard InChI is InChI=1S/C20H18F3NO3/c1-3-14-4-5-15(6-7-26-12(2)25)18(21)19(14)27-17-9-13(11-24)8-16(10-17)20(22)23/h4-5,8-10,20H,3,6-7H2,1-2H3. The summed E-state index contributed by atoms with van der Waals surface area (Å²) in [6, 6.07) is 8.44. The highest BCUT2D eigenvalue weighted by molar-refractivity contribution is 5.65. The van der Waals surface area contributed by atoms with E-state index in [9.17, 15) is 18.0 Å². The molecule has 0 heterocycles. The molecular weight excluding hydrogens is 359 g/mol. The predicted molar refractivity (Wildman–Crippen MR) is 92.3 cm³/mol. The first-order chi connectivity index (χ1) is 12.8. The van der Waals surface area contributed by atoms with E-state index in [4.69, 9.17) is 14.7 Å². The summed E-state index contributed by atoms with van der Waals surface area (Å²) in [7, 11) is 0. The molecule has 4 nitrogen and oxygen atoms in total. The van der Waals surface area contributed by atoms with Gasteiger partial charge in [0.15, 0.2) is 11.6 Å². The van der Waals surface area contributed by atoms with Crippen LogP contribution in [0.4, 0.5) is 13.2 Å². The van der Waals surface area contributed by atoms with Gasteiger partial charge in [-0.05, 0) is 35.7 Å². The van der Waals surface area contributed by atoms with Crippen molar-refractivity contribution in [3.8, 4) is 17.6 Å². The van der Waals surface area contributed by atoms with Crippen LogP contribution in [-0.2, 0) is 22.4 Å². The van der Waals surface area contributed by atoms with E-state index in [-0.39, 0.29) is 41.2 Å². The molecule has 27 heavy (non-hydrogen) atoms. The van der Waals surface area contributed by atoms with Crippen molar-refractivity contribution in [3.63, 3.8) is 0 Å². The minimum Gasteiger partial charge on any atom is -0.466 e. The number of carbonyl (C=O) groups is 1. The SMILES string of the molecule is CCc1ccc(CCOC(C)=O)c(F)c1Oc1cc(C#N)cc(C(F)F)c1. The molecular formula is C20H18F3NO3. The van der Waals surface area contributed by atoms with Crippen LogP contribution in [0.2, 0.25) is 0 Å². The number of nitrogens with zero attached hydrogens (tertiary/aromatic N) is 1. The Bertz CT molecular complexity index is 876. The molecule has 2 rings (SSSR count). The lowest BCUT2D eigenvalue weighted by Gasteiger charge is -2.15. The third-order valence-corrected chi connectivity index (χ3v) is 3.85. The van der Waals surface area contributed by atoms with Gasteiger partial charge >= 0.3 is 5.97 Å². The van der Waals surface area contributed by atoms with Crippen molar-refractivity contribution in [2.45, 2.75) is 33.1 Å². The van der Waals surface area contributed by atoms with Crippen molar-refractivity contribution in [2.75, 3.05) is 6.61 Å². The number of aryl methyl sites for hydroxylation is 1. The molecule has 0 unspecified atom stereocenters. The van der Waals surface area contributed by atoms with E-state index < -0.39 is 18.2 Å². The molecule has 0 amide bonds. The van der Waals surface area contributed by atoms with Gasteiger partial charge in [0.1, 0.15) is 5.75 Å². The Kier molecular flexibility index (Phi) is 6.83. The van der Waals surface area contributed by atoms with Crippen LogP contribution in [-0.4, -0.2) is 12.6 Å². The number of hydrogen-bond acceptors (Lipinski definition) is 4. The van der Waals surface area contributed by atoms with Crippen molar-refractivity contribution in [2.24, 2.45) is 0 Å². The van der Waals surface area contributed by atoms with E-state index in [2.05, 4.69) is 0 Å². The Morgan fingerprint density at radius 2 is 1.93 bits per heavy atom. The molecule has 0 N–H and O–H groups in total. The number of ether oxygens (including phenoxy) is 2. The van der Waals surface area contributed by atoms with Gasteiger partial charge in [-0.15, -0.1) is 0 Å². The van der Waals surface area contributed by atoms with Crippen LogP contribution in [0, 0.1) is 17.1 Å². The zero-order valence-corrected chi connectivity index (χ0v) is 14.9. The Hall–Kier alpha value is -3.01. The third kappa shape index (κ3) is 5.23. The van der Waals surface area contributed by atoms with Gasteiger partial charge < -0.3 is 9.47 Å². The Morgan fingerprint density at radius 1 is 1.22 bits per heavy atom. The smallest absolute Gasteiger partial charge is 0.302 e. The lowest BCUT2D eigenvalue weighted by Crippen LogP contribution is -2.06. The Balaban J connectivity index is 2.38. The molecule has 0 radical (unpaired) electrons. The maximum absolute atomic E-state index is 14.9. The average Bonchev–Trinajstić information content (AvgIpc) is 2.64. The first-order valence-electron chi connectivity index (χ1n) is 8.30. The maximum Gasteiger partial charge on any atom is 0.302 e. The molecule has 0 aliphatic heterocycles. The molecule has 0 atom stereocenters. The topological polar surface area (TPSA) is 59.3 Å². The highest BCUT2D eigenvalue weighted by Crippen LogP contribution is 2.33. The Morgan fingerprint density at radius 3 is 2.52 bits per heavy atom. The largest absolute Gasteiger partial charge is 0.466 e. The predicted octanol–water partition coefficient (Wildman–Crippen LogP) is 5.10. The molecule has 0 fully saturated rings. The van der Waals surface area contributed by atoms with Crippen LogP contribution in [0.5, 0.6) is 11.5 Å². The van der Waals surface area contributed by atoms with Gasteiger partial charge in [-0.2, -0.15) is 5.26 Å². The highest BCUT2D eigenvalue weighted by Gasteiger charge is 2.17. The second-order valence-electron chi connectivity index (χ2n) is 5.78. The fourth-order valence-electron chi connectivity index (χ4n) is 2.51. The summed E-state index contributed by atoms with van der Waals surface area (Å²) in [4.78, 5) is 10.8. The number of halogens is 3. The second kappa shape index (κ2) is 9.08. The number of esters is 1. The van der Waals surface area contributed by atoms with Gasteiger partial charge in [0.2, 0.25) is 0 Å². The fourth-order valence-corrected chi connectivity index (χ4v) is 2.51. The van der Waals surface area contributed by atoms with Gasteiger partial charge in [0.05, 0.1) is 18.2 Å². The van der Waals surface area contributed by atoms with Crippen LogP contribution < -0.4 is 4.74 Å². The van der Waals surface area contributed by atoms with Gasteiger partial charge in [0, 0.05) is 18.9 Å².